The van der Waals surface area contributed by atoms with Crippen LogP contribution in [0.15, 0.2) is 30.6 Å². The predicted octanol–water partition coefficient (Wildman–Crippen LogP) is 3.49. The van der Waals surface area contributed by atoms with Gasteiger partial charge in [0, 0.05) is 23.0 Å². The molecule has 1 unspecified atom stereocenters. The predicted molar refractivity (Wildman–Crippen MR) is 87.8 cm³/mol. The number of hydrogen-bond donors (Lipinski definition) is 0. The average molecular weight is 442 g/mol. The van der Waals surface area contributed by atoms with E-state index in [1.165, 1.54) is 0 Å². The Morgan fingerprint density at radius 3 is 2.43 bits per heavy atom. The average Bonchev–Trinajstić information content (AvgIpc) is 2.59. The molecule has 2 aromatic rings. The zero-order valence-electron chi connectivity index (χ0n) is 13.5. The second-order valence-electron chi connectivity index (χ2n) is 5.64. The van der Waals surface area contributed by atoms with Crippen LogP contribution in [0.25, 0.3) is 0 Å². The third kappa shape index (κ3) is 3.30. The molecule has 0 spiro atoms. The van der Waals surface area contributed by atoms with Gasteiger partial charge in [0.2, 0.25) is 5.78 Å². The minimum Gasteiger partial charge on any atom is -0.290 e. The van der Waals surface area contributed by atoms with Crippen LogP contribution >= 0.6 is 11.6 Å². The highest BCUT2D eigenvalue weighted by Crippen LogP contribution is 2.45. The fraction of sp³-hybridized carbons (Fsp3) is 0.267. The van der Waals surface area contributed by atoms with E-state index in [9.17, 15) is 35.2 Å². The van der Waals surface area contributed by atoms with E-state index in [4.69, 9.17) is 11.6 Å². The zero-order chi connectivity index (χ0) is 20.9. The van der Waals surface area contributed by atoms with E-state index in [1.54, 1.807) is 0 Å². The van der Waals surface area contributed by atoms with Gasteiger partial charge in [-0.25, -0.2) is 31.5 Å². The number of ketones is 1. The van der Waals surface area contributed by atoms with Crippen LogP contribution in [-0.4, -0.2) is 37.1 Å². The molecule has 2 heterocycles. The van der Waals surface area contributed by atoms with Crippen molar-refractivity contribution in [3.8, 4) is 0 Å². The summed E-state index contributed by atoms with van der Waals surface area (Å²) in [7, 11) is -5.06. The maximum Gasteiger partial charge on any atom is 0.416 e. The van der Waals surface area contributed by atoms with Crippen LogP contribution < -0.4 is 4.31 Å². The minimum atomic E-state index is -5.06. The van der Waals surface area contributed by atoms with Crippen LogP contribution in [-0.2, 0) is 16.2 Å². The monoisotopic (exact) mass is 441 g/mol. The number of anilines is 1. The van der Waals surface area contributed by atoms with Crippen molar-refractivity contribution in [3.05, 3.63) is 52.4 Å². The van der Waals surface area contributed by atoms with Gasteiger partial charge in [0.15, 0.2) is 16.8 Å². The SMILES string of the molecule is O=C1c2nccnc2N(CC(F)F)S(=O)(=O)C1c1c(Cl)cccc1C(F)(F)F. The highest BCUT2D eigenvalue weighted by molar-refractivity contribution is 7.94. The summed E-state index contributed by atoms with van der Waals surface area (Å²) in [6, 6.07) is 2.45. The molecule has 0 saturated carbocycles. The molecule has 28 heavy (non-hydrogen) atoms. The smallest absolute Gasteiger partial charge is 0.290 e. The van der Waals surface area contributed by atoms with Crippen LogP contribution in [0, 0.1) is 0 Å². The summed E-state index contributed by atoms with van der Waals surface area (Å²) in [6.07, 6.45) is -6.28. The summed E-state index contributed by atoms with van der Waals surface area (Å²) in [5.74, 6) is -2.02. The number of aromatic nitrogens is 2. The first kappa shape index (κ1) is 20.4. The number of alkyl halides is 5. The quantitative estimate of drug-likeness (QED) is 0.681. The van der Waals surface area contributed by atoms with Gasteiger partial charge in [-0.15, -0.1) is 0 Å². The Morgan fingerprint density at radius 2 is 1.82 bits per heavy atom. The number of halogens is 6. The molecule has 0 amide bonds. The zero-order valence-corrected chi connectivity index (χ0v) is 15.1. The van der Waals surface area contributed by atoms with Gasteiger partial charge in [-0.3, -0.25) is 4.79 Å². The summed E-state index contributed by atoms with van der Waals surface area (Å²) in [6.45, 7) is -1.41. The van der Waals surface area contributed by atoms with Crippen LogP contribution in [0.1, 0.15) is 26.9 Å². The molecule has 0 fully saturated rings. The first-order valence-corrected chi connectivity index (χ1v) is 9.35. The van der Waals surface area contributed by atoms with Crippen LogP contribution in [0.5, 0.6) is 0 Å². The number of fused-ring (bicyclic) bond motifs is 1. The van der Waals surface area contributed by atoms with Gasteiger partial charge >= 0.3 is 6.18 Å². The van der Waals surface area contributed by atoms with Gasteiger partial charge < -0.3 is 0 Å². The van der Waals surface area contributed by atoms with Crippen LogP contribution in [0.4, 0.5) is 27.8 Å². The lowest BCUT2D eigenvalue weighted by atomic mass is 9.99. The maximum absolute atomic E-state index is 13.4. The van der Waals surface area contributed by atoms with E-state index < -0.39 is 67.9 Å². The first-order chi connectivity index (χ1) is 13.0. The van der Waals surface area contributed by atoms with Gasteiger partial charge in [0.05, 0.1) is 12.1 Å². The number of sulfonamides is 1. The summed E-state index contributed by atoms with van der Waals surface area (Å²) in [5, 5.41) is -3.15. The number of nitrogens with zero attached hydrogens (tertiary/aromatic N) is 3. The maximum atomic E-state index is 13.4. The third-order valence-electron chi connectivity index (χ3n) is 3.92. The van der Waals surface area contributed by atoms with Crippen molar-refractivity contribution in [2.45, 2.75) is 17.9 Å². The molecule has 3 rings (SSSR count). The first-order valence-electron chi connectivity index (χ1n) is 7.46. The van der Waals surface area contributed by atoms with Crippen LogP contribution in [0.3, 0.4) is 0 Å². The lowest BCUT2D eigenvalue weighted by Crippen LogP contribution is -2.46. The second-order valence-corrected chi connectivity index (χ2v) is 7.99. The molecule has 1 atom stereocenters. The van der Waals surface area contributed by atoms with Gasteiger partial charge in [-0.1, -0.05) is 17.7 Å². The molecule has 1 aromatic heterocycles. The van der Waals surface area contributed by atoms with Crippen molar-refractivity contribution >= 4 is 33.2 Å². The van der Waals surface area contributed by atoms with Crippen molar-refractivity contribution in [1.29, 1.82) is 0 Å². The lowest BCUT2D eigenvalue weighted by molar-refractivity contribution is -0.138. The fourth-order valence-electron chi connectivity index (χ4n) is 2.84. The van der Waals surface area contributed by atoms with Gasteiger partial charge in [-0.2, -0.15) is 13.2 Å². The van der Waals surface area contributed by atoms with Crippen molar-refractivity contribution in [2.24, 2.45) is 0 Å². The number of carbonyl (C=O) groups excluding carboxylic acids is 1. The molecule has 0 N–H and O–H groups in total. The van der Waals surface area contributed by atoms with E-state index in [0.717, 1.165) is 24.5 Å². The Hall–Kier alpha value is -2.34. The number of hydrogen-bond acceptors (Lipinski definition) is 5. The molecule has 150 valence electrons. The normalized spacial score (nSPS) is 19.0. The summed E-state index contributed by atoms with van der Waals surface area (Å²) in [5.41, 5.74) is -3.15. The minimum absolute atomic E-state index is 0.0928. The van der Waals surface area contributed by atoms with E-state index >= 15 is 0 Å². The highest BCUT2D eigenvalue weighted by atomic mass is 35.5. The Morgan fingerprint density at radius 1 is 1.18 bits per heavy atom. The molecule has 1 aromatic carbocycles. The lowest BCUT2D eigenvalue weighted by Gasteiger charge is -2.33. The molecule has 0 aliphatic carbocycles. The van der Waals surface area contributed by atoms with Crippen molar-refractivity contribution < 1.29 is 35.2 Å². The summed E-state index contributed by atoms with van der Waals surface area (Å²) < 4.78 is 92.2. The summed E-state index contributed by atoms with van der Waals surface area (Å²) >= 11 is 5.82. The molecule has 0 radical (unpaired) electrons. The standard InChI is InChI=1S/C15H9ClF5N3O3S/c16-8-3-1-2-7(15(19,20)21)10(8)13-12(25)11-14(23-5-4-22-11)24(6-9(17)18)28(13,26)27/h1-5,9,13H,6H2. The van der Waals surface area contributed by atoms with E-state index in [2.05, 4.69) is 9.97 Å². The van der Waals surface area contributed by atoms with E-state index in [-0.39, 0.29) is 4.31 Å². The van der Waals surface area contributed by atoms with E-state index in [0.29, 0.717) is 6.07 Å². The van der Waals surface area contributed by atoms with Gasteiger partial charge in [0.25, 0.3) is 16.4 Å². The van der Waals surface area contributed by atoms with E-state index in [1.807, 2.05) is 0 Å². The Kier molecular flexibility index (Phi) is 5.04. The third-order valence-corrected chi connectivity index (χ3v) is 6.23. The number of rotatable bonds is 3. The van der Waals surface area contributed by atoms with Gasteiger partial charge in [-0.05, 0) is 12.1 Å². The van der Waals surface area contributed by atoms with Crippen molar-refractivity contribution in [2.75, 3.05) is 10.8 Å². The summed E-state index contributed by atoms with van der Waals surface area (Å²) in [4.78, 5) is 20.0. The molecule has 1 aliphatic heterocycles. The largest absolute Gasteiger partial charge is 0.416 e. The molecular formula is C15H9ClF5N3O3S. The molecular weight excluding hydrogens is 433 g/mol. The fourth-order valence-corrected chi connectivity index (χ4v) is 5.07. The van der Waals surface area contributed by atoms with Gasteiger partial charge in [0.1, 0.15) is 0 Å². The second kappa shape index (κ2) is 6.92. The van der Waals surface area contributed by atoms with Crippen molar-refractivity contribution in [1.82, 2.24) is 9.97 Å². The molecule has 13 heteroatoms. The molecule has 6 nitrogen and oxygen atoms in total. The Bertz CT molecular complexity index is 1050. The van der Waals surface area contributed by atoms with Crippen molar-refractivity contribution in [3.63, 3.8) is 0 Å². The topological polar surface area (TPSA) is 80.2 Å². The molecule has 0 bridgehead atoms. The molecule has 1 aliphatic rings. The number of benzene rings is 1. The number of carbonyl (C=O) groups is 1. The Labute approximate surface area is 160 Å². The van der Waals surface area contributed by atoms with Crippen LogP contribution in [0.2, 0.25) is 5.02 Å². The highest BCUT2D eigenvalue weighted by Gasteiger charge is 2.51. The molecule has 0 saturated heterocycles. The number of Topliss-reactive ketones (excluding diaryl/α,β-unsaturated/α-hetero) is 1. The Balaban J connectivity index is 2.34.